The number of carbonyl (C=O) groups is 1. The number of carbonyl (C=O) groups excluding carboxylic acids is 1. The Labute approximate surface area is 190 Å². The van der Waals surface area contributed by atoms with Gasteiger partial charge in [-0.25, -0.2) is 14.4 Å². The van der Waals surface area contributed by atoms with Crippen LogP contribution in [0.3, 0.4) is 0 Å². The lowest BCUT2D eigenvalue weighted by Gasteiger charge is -2.04. The number of nitrogens with one attached hydrogen (secondary N) is 2. The number of thiophene rings is 1. The van der Waals surface area contributed by atoms with Gasteiger partial charge in [0.1, 0.15) is 11.5 Å². The Morgan fingerprint density at radius 2 is 1.97 bits per heavy atom. The summed E-state index contributed by atoms with van der Waals surface area (Å²) >= 11 is 1.41. The number of hydrogen-bond acceptors (Lipinski definition) is 6. The van der Waals surface area contributed by atoms with Crippen molar-refractivity contribution in [3.63, 3.8) is 0 Å². The van der Waals surface area contributed by atoms with Gasteiger partial charge >= 0.3 is 0 Å². The van der Waals surface area contributed by atoms with Crippen molar-refractivity contribution >= 4 is 39.2 Å². The zero-order chi connectivity index (χ0) is 22.5. The van der Waals surface area contributed by atoms with Crippen molar-refractivity contribution in [3.05, 3.63) is 71.7 Å². The third kappa shape index (κ3) is 3.13. The maximum Gasteiger partial charge on any atom is 0.178 e. The second-order valence-electron chi connectivity index (χ2n) is 7.53. The lowest BCUT2D eigenvalue weighted by atomic mass is 10.0. The fraction of sp³-hybridized carbons (Fsp3) is 0.0417. The van der Waals surface area contributed by atoms with Gasteiger partial charge in [-0.05, 0) is 43.3 Å². The molecular formula is C24H15FN6OS. The van der Waals surface area contributed by atoms with Crippen molar-refractivity contribution in [3.8, 4) is 33.1 Å². The second-order valence-corrected chi connectivity index (χ2v) is 8.61. The van der Waals surface area contributed by atoms with E-state index in [1.54, 1.807) is 43.7 Å². The van der Waals surface area contributed by atoms with Gasteiger partial charge in [-0.1, -0.05) is 6.07 Å². The van der Waals surface area contributed by atoms with Crippen molar-refractivity contribution in [1.82, 2.24) is 30.1 Å². The molecule has 0 aliphatic carbocycles. The SMILES string of the molecule is CC(=O)c1ccc(-c2ccnc3nc(-c4n[nH]c5ccc(-c6cccnc6)c(F)c45)[nH]c23)s1. The first-order chi connectivity index (χ1) is 16.1. The number of halogens is 1. The van der Waals surface area contributed by atoms with E-state index in [0.717, 1.165) is 10.4 Å². The van der Waals surface area contributed by atoms with Crippen LogP contribution in [-0.2, 0) is 0 Å². The van der Waals surface area contributed by atoms with E-state index in [2.05, 4.69) is 30.1 Å². The summed E-state index contributed by atoms with van der Waals surface area (Å²) in [5.41, 5.74) is 4.10. The van der Waals surface area contributed by atoms with Crippen LogP contribution in [0.4, 0.5) is 4.39 Å². The molecule has 6 rings (SSSR count). The number of Topliss-reactive ketones (excluding diaryl/α,β-unsaturated/α-hetero) is 1. The minimum absolute atomic E-state index is 0.0183. The molecule has 0 aliphatic heterocycles. The molecule has 1 aromatic carbocycles. The van der Waals surface area contributed by atoms with Gasteiger partial charge in [0.25, 0.3) is 0 Å². The first-order valence-electron chi connectivity index (χ1n) is 10.1. The summed E-state index contributed by atoms with van der Waals surface area (Å²) in [6.45, 7) is 1.54. The van der Waals surface area contributed by atoms with Crippen LogP contribution in [0.25, 0.3) is 55.2 Å². The molecule has 0 fully saturated rings. The third-order valence-corrected chi connectivity index (χ3v) is 6.69. The number of pyridine rings is 2. The zero-order valence-corrected chi connectivity index (χ0v) is 18.1. The number of rotatable bonds is 4. The molecule has 0 atom stereocenters. The number of ketones is 1. The molecule has 0 saturated carbocycles. The zero-order valence-electron chi connectivity index (χ0n) is 17.3. The smallest absolute Gasteiger partial charge is 0.178 e. The van der Waals surface area contributed by atoms with Crippen molar-refractivity contribution in [2.75, 3.05) is 0 Å². The average Bonchev–Trinajstić information content (AvgIpc) is 3.57. The van der Waals surface area contributed by atoms with Crippen LogP contribution < -0.4 is 0 Å². The molecule has 9 heteroatoms. The molecule has 7 nitrogen and oxygen atoms in total. The van der Waals surface area contributed by atoms with Gasteiger partial charge in [0, 0.05) is 40.2 Å². The number of aromatic nitrogens is 6. The molecule has 0 saturated heterocycles. The molecule has 0 amide bonds. The Balaban J connectivity index is 1.52. The Morgan fingerprint density at radius 3 is 2.76 bits per heavy atom. The van der Waals surface area contributed by atoms with Gasteiger partial charge in [-0.15, -0.1) is 11.3 Å². The van der Waals surface area contributed by atoms with Crippen LogP contribution in [-0.4, -0.2) is 35.9 Å². The Bertz CT molecular complexity index is 1670. The van der Waals surface area contributed by atoms with Crippen LogP contribution in [0.15, 0.2) is 61.1 Å². The summed E-state index contributed by atoms with van der Waals surface area (Å²) < 4.78 is 15.6. The molecule has 0 bridgehead atoms. The predicted octanol–water partition coefficient (Wildman–Crippen LogP) is 5.63. The van der Waals surface area contributed by atoms with Crippen molar-refractivity contribution in [2.45, 2.75) is 6.92 Å². The van der Waals surface area contributed by atoms with E-state index in [0.29, 0.717) is 49.6 Å². The topological polar surface area (TPSA) is 100 Å². The number of H-pyrrole nitrogens is 2. The van der Waals surface area contributed by atoms with E-state index in [1.807, 2.05) is 24.3 Å². The van der Waals surface area contributed by atoms with E-state index < -0.39 is 5.82 Å². The highest BCUT2D eigenvalue weighted by molar-refractivity contribution is 7.17. The molecule has 160 valence electrons. The second kappa shape index (κ2) is 7.42. The molecule has 0 radical (unpaired) electrons. The third-order valence-electron chi connectivity index (χ3n) is 5.47. The summed E-state index contributed by atoms with van der Waals surface area (Å²) in [7, 11) is 0. The van der Waals surface area contributed by atoms with Gasteiger partial charge in [-0.2, -0.15) is 5.10 Å². The van der Waals surface area contributed by atoms with E-state index in [1.165, 1.54) is 11.3 Å². The molecule has 5 heterocycles. The first-order valence-corrected chi connectivity index (χ1v) is 10.9. The largest absolute Gasteiger partial charge is 0.335 e. The van der Waals surface area contributed by atoms with Crippen molar-refractivity contribution < 1.29 is 9.18 Å². The Hall–Kier alpha value is -4.24. The van der Waals surface area contributed by atoms with E-state index >= 15 is 4.39 Å². The highest BCUT2D eigenvalue weighted by Gasteiger charge is 2.21. The minimum Gasteiger partial charge on any atom is -0.335 e. The molecule has 33 heavy (non-hydrogen) atoms. The summed E-state index contributed by atoms with van der Waals surface area (Å²) in [6, 6.07) is 12.7. The van der Waals surface area contributed by atoms with Crippen LogP contribution >= 0.6 is 11.3 Å². The molecule has 2 N–H and O–H groups in total. The molecule has 5 aromatic heterocycles. The Morgan fingerprint density at radius 1 is 1.06 bits per heavy atom. The van der Waals surface area contributed by atoms with E-state index in [9.17, 15) is 4.79 Å². The van der Waals surface area contributed by atoms with Gasteiger partial charge < -0.3 is 4.98 Å². The molecule has 0 aliphatic rings. The number of fused-ring (bicyclic) bond motifs is 2. The number of aromatic amines is 2. The highest BCUT2D eigenvalue weighted by Crippen LogP contribution is 2.36. The molecule has 6 aromatic rings. The number of benzene rings is 1. The summed E-state index contributed by atoms with van der Waals surface area (Å²) in [5, 5.41) is 7.57. The van der Waals surface area contributed by atoms with Crippen LogP contribution in [0.1, 0.15) is 16.6 Å². The maximum atomic E-state index is 15.6. The highest BCUT2D eigenvalue weighted by atomic mass is 32.1. The van der Waals surface area contributed by atoms with Gasteiger partial charge in [-0.3, -0.25) is 14.9 Å². The van der Waals surface area contributed by atoms with E-state index in [-0.39, 0.29) is 5.78 Å². The predicted molar refractivity (Wildman–Crippen MR) is 125 cm³/mol. The van der Waals surface area contributed by atoms with Gasteiger partial charge in [0.15, 0.2) is 17.3 Å². The molecule has 0 unspecified atom stereocenters. The number of nitrogens with zero attached hydrogens (tertiary/aromatic N) is 4. The standard InChI is InChI=1S/C24H15FN6OS/c1-12(32)17-6-7-18(33-17)15-8-10-27-23-21(15)28-24(29-23)22-19-16(30-31-22)5-4-14(20(19)25)13-3-2-9-26-11-13/h2-11H,1H3,(H,30,31)(H,27,28,29). The maximum absolute atomic E-state index is 15.6. The van der Waals surface area contributed by atoms with Crippen LogP contribution in [0.2, 0.25) is 0 Å². The van der Waals surface area contributed by atoms with E-state index in [4.69, 9.17) is 0 Å². The monoisotopic (exact) mass is 454 g/mol. The average molecular weight is 454 g/mol. The summed E-state index contributed by atoms with van der Waals surface area (Å²) in [5.74, 6) is 0.0220. The van der Waals surface area contributed by atoms with Crippen LogP contribution in [0, 0.1) is 5.82 Å². The summed E-state index contributed by atoms with van der Waals surface area (Å²) in [6.07, 6.45) is 4.94. The molecule has 0 spiro atoms. The molecular weight excluding hydrogens is 439 g/mol. The lowest BCUT2D eigenvalue weighted by molar-refractivity contribution is 0.102. The summed E-state index contributed by atoms with van der Waals surface area (Å²) in [4.78, 5) is 29.6. The first kappa shape index (κ1) is 19.4. The number of imidazole rings is 1. The fourth-order valence-electron chi connectivity index (χ4n) is 3.89. The lowest BCUT2D eigenvalue weighted by Crippen LogP contribution is -1.89. The van der Waals surface area contributed by atoms with Gasteiger partial charge in [0.2, 0.25) is 0 Å². The van der Waals surface area contributed by atoms with Crippen molar-refractivity contribution in [1.29, 1.82) is 0 Å². The number of hydrogen-bond donors (Lipinski definition) is 2. The van der Waals surface area contributed by atoms with Gasteiger partial charge in [0.05, 0.1) is 21.3 Å². The quantitative estimate of drug-likeness (QED) is 0.336. The normalized spacial score (nSPS) is 11.5. The minimum atomic E-state index is -0.401. The van der Waals surface area contributed by atoms with Crippen LogP contribution in [0.5, 0.6) is 0 Å². The fourth-order valence-corrected chi connectivity index (χ4v) is 4.82. The Kier molecular flexibility index (Phi) is 4.37. The van der Waals surface area contributed by atoms with Crippen molar-refractivity contribution in [2.24, 2.45) is 0 Å².